The molecule has 3 aromatic rings. The highest BCUT2D eigenvalue weighted by molar-refractivity contribution is 5.96. The van der Waals surface area contributed by atoms with Crippen molar-refractivity contribution in [2.24, 2.45) is 4.99 Å². The molecular formula is C23H24N2O4. The molecular weight excluding hydrogens is 368 g/mol. The van der Waals surface area contributed by atoms with Crippen LogP contribution in [-0.4, -0.2) is 30.3 Å². The Hall–Kier alpha value is -3.12. The van der Waals surface area contributed by atoms with Gasteiger partial charge < -0.3 is 19.6 Å². The summed E-state index contributed by atoms with van der Waals surface area (Å²) >= 11 is 0. The highest BCUT2D eigenvalue weighted by atomic mass is 16.5. The number of nitrogens with one attached hydrogen (secondary N) is 1. The first kappa shape index (κ1) is 19.2. The molecule has 1 aliphatic rings. The summed E-state index contributed by atoms with van der Waals surface area (Å²) in [6.07, 6.45) is 2.01. The first-order valence-corrected chi connectivity index (χ1v) is 9.79. The van der Waals surface area contributed by atoms with Crippen LogP contribution < -0.4 is 10.9 Å². The number of ether oxygens (including phenoxy) is 1. The third kappa shape index (κ3) is 4.17. The molecule has 1 aromatic heterocycles. The zero-order chi connectivity index (χ0) is 20.4. The molecule has 2 N–H and O–H groups in total. The number of carbonyl (C=O) groups is 1. The van der Waals surface area contributed by atoms with E-state index < -0.39 is 0 Å². The van der Waals surface area contributed by atoms with E-state index in [0.717, 1.165) is 36.3 Å². The van der Waals surface area contributed by atoms with Gasteiger partial charge in [0, 0.05) is 24.6 Å². The van der Waals surface area contributed by atoms with E-state index in [1.165, 1.54) is 6.07 Å². The number of rotatable bonds is 4. The van der Waals surface area contributed by atoms with Gasteiger partial charge in [0.25, 0.3) is 5.91 Å². The number of phenols is 1. The number of aryl methyl sites for hydroxylation is 1. The fourth-order valence-electron chi connectivity index (χ4n) is 3.43. The van der Waals surface area contributed by atoms with E-state index in [0.29, 0.717) is 23.1 Å². The molecule has 0 saturated carbocycles. The SMILES string of the molecule is Cc1cccc(N=c2oc3cc(O)ccc3cc2C(=O)NC[C@H]2CCCO2)c1C. The Bertz CT molecular complexity index is 1130. The molecule has 0 spiro atoms. The number of benzene rings is 2. The predicted molar refractivity (Wildman–Crippen MR) is 110 cm³/mol. The van der Waals surface area contributed by atoms with E-state index in [1.54, 1.807) is 18.2 Å². The fraction of sp³-hybridized carbons (Fsp3) is 0.304. The zero-order valence-corrected chi connectivity index (χ0v) is 16.6. The number of hydrogen-bond donors (Lipinski definition) is 2. The van der Waals surface area contributed by atoms with Gasteiger partial charge in [0.2, 0.25) is 5.55 Å². The molecule has 0 unspecified atom stereocenters. The second kappa shape index (κ2) is 8.09. The molecule has 1 amide bonds. The second-order valence-electron chi connectivity index (χ2n) is 7.36. The standard InChI is InChI=1S/C23H24N2O4/c1-14-5-3-7-20(15(14)2)25-23-19(22(27)24-13-18-6-4-10-28-18)11-16-8-9-17(26)12-21(16)29-23/h3,5,7-9,11-12,18,26H,4,6,10,13H2,1-2H3,(H,24,27)/t18-/m1/s1. The molecule has 2 aromatic carbocycles. The van der Waals surface area contributed by atoms with Crippen molar-refractivity contribution in [2.75, 3.05) is 13.2 Å². The first-order valence-electron chi connectivity index (χ1n) is 9.79. The van der Waals surface area contributed by atoms with E-state index in [9.17, 15) is 9.90 Å². The summed E-state index contributed by atoms with van der Waals surface area (Å²) in [6.45, 7) is 5.19. The minimum absolute atomic E-state index is 0.0488. The molecule has 1 saturated heterocycles. The third-order valence-electron chi connectivity index (χ3n) is 5.29. The van der Waals surface area contributed by atoms with Crippen LogP contribution in [0.15, 0.2) is 51.9 Å². The van der Waals surface area contributed by atoms with Gasteiger partial charge in [-0.1, -0.05) is 12.1 Å². The van der Waals surface area contributed by atoms with E-state index >= 15 is 0 Å². The normalized spacial score (nSPS) is 17.0. The minimum Gasteiger partial charge on any atom is -0.508 e. The van der Waals surface area contributed by atoms with Crippen LogP contribution in [0.5, 0.6) is 5.75 Å². The Morgan fingerprint density at radius 2 is 2.10 bits per heavy atom. The van der Waals surface area contributed by atoms with Gasteiger partial charge in [-0.15, -0.1) is 0 Å². The summed E-state index contributed by atoms with van der Waals surface area (Å²) < 4.78 is 11.5. The lowest BCUT2D eigenvalue weighted by Gasteiger charge is -2.11. The van der Waals surface area contributed by atoms with Crippen LogP contribution >= 0.6 is 0 Å². The molecule has 150 valence electrons. The maximum Gasteiger partial charge on any atom is 0.256 e. The monoisotopic (exact) mass is 392 g/mol. The van der Waals surface area contributed by atoms with Crippen LogP contribution in [0.1, 0.15) is 34.3 Å². The quantitative estimate of drug-likeness (QED) is 0.705. The molecule has 1 aliphatic heterocycles. The Labute approximate surface area is 168 Å². The molecule has 0 aliphatic carbocycles. The molecule has 4 rings (SSSR count). The summed E-state index contributed by atoms with van der Waals surface area (Å²) in [6, 6.07) is 12.4. The topological polar surface area (TPSA) is 84.1 Å². The molecule has 6 nitrogen and oxygen atoms in total. The number of fused-ring (bicyclic) bond motifs is 1. The van der Waals surface area contributed by atoms with E-state index in [2.05, 4.69) is 10.3 Å². The van der Waals surface area contributed by atoms with Crippen LogP contribution in [0.25, 0.3) is 11.0 Å². The van der Waals surface area contributed by atoms with Crippen molar-refractivity contribution in [3.63, 3.8) is 0 Å². The van der Waals surface area contributed by atoms with E-state index in [1.807, 2.05) is 32.0 Å². The third-order valence-corrected chi connectivity index (χ3v) is 5.29. The van der Waals surface area contributed by atoms with Crippen LogP contribution in [0.2, 0.25) is 0 Å². The number of nitrogens with zero attached hydrogens (tertiary/aromatic N) is 1. The van der Waals surface area contributed by atoms with Gasteiger partial charge in [-0.3, -0.25) is 4.79 Å². The number of amides is 1. The number of aromatic hydroxyl groups is 1. The summed E-state index contributed by atoms with van der Waals surface area (Å²) in [5.74, 6) is -0.169. The molecule has 6 heteroatoms. The summed E-state index contributed by atoms with van der Waals surface area (Å²) in [4.78, 5) is 17.6. The number of hydrogen-bond acceptors (Lipinski definition) is 5. The van der Waals surface area contributed by atoms with Crippen LogP contribution in [-0.2, 0) is 4.74 Å². The molecule has 0 radical (unpaired) electrons. The lowest BCUT2D eigenvalue weighted by atomic mass is 10.1. The summed E-state index contributed by atoms with van der Waals surface area (Å²) in [5, 5.41) is 13.4. The Morgan fingerprint density at radius 1 is 1.24 bits per heavy atom. The summed E-state index contributed by atoms with van der Waals surface area (Å²) in [5.41, 5.74) is 3.88. The molecule has 29 heavy (non-hydrogen) atoms. The van der Waals surface area contributed by atoms with Crippen molar-refractivity contribution < 1.29 is 19.1 Å². The average molecular weight is 392 g/mol. The van der Waals surface area contributed by atoms with Crippen LogP contribution in [0.3, 0.4) is 0 Å². The van der Waals surface area contributed by atoms with Crippen LogP contribution in [0, 0.1) is 13.8 Å². The Kier molecular flexibility index (Phi) is 5.36. The van der Waals surface area contributed by atoms with Crippen molar-refractivity contribution >= 4 is 22.6 Å². The van der Waals surface area contributed by atoms with Gasteiger partial charge in [-0.25, -0.2) is 4.99 Å². The first-order chi connectivity index (χ1) is 14.0. The number of carbonyl (C=O) groups excluding carboxylic acids is 1. The van der Waals surface area contributed by atoms with Gasteiger partial charge in [-0.2, -0.15) is 0 Å². The van der Waals surface area contributed by atoms with Crippen LogP contribution in [0.4, 0.5) is 5.69 Å². The lowest BCUT2D eigenvalue weighted by molar-refractivity contribution is 0.0854. The average Bonchev–Trinajstić information content (AvgIpc) is 3.23. The van der Waals surface area contributed by atoms with Crippen molar-refractivity contribution in [1.82, 2.24) is 5.32 Å². The summed E-state index contributed by atoms with van der Waals surface area (Å²) in [7, 11) is 0. The lowest BCUT2D eigenvalue weighted by Crippen LogP contribution is -2.34. The van der Waals surface area contributed by atoms with Gasteiger partial charge in [0.15, 0.2) is 0 Å². The van der Waals surface area contributed by atoms with Crippen molar-refractivity contribution in [2.45, 2.75) is 32.8 Å². The van der Waals surface area contributed by atoms with E-state index in [4.69, 9.17) is 9.15 Å². The van der Waals surface area contributed by atoms with Crippen molar-refractivity contribution in [3.8, 4) is 5.75 Å². The molecule has 1 fully saturated rings. The maximum absolute atomic E-state index is 12.9. The Morgan fingerprint density at radius 3 is 2.90 bits per heavy atom. The highest BCUT2D eigenvalue weighted by Gasteiger charge is 2.19. The smallest absolute Gasteiger partial charge is 0.256 e. The zero-order valence-electron chi connectivity index (χ0n) is 16.6. The Balaban J connectivity index is 1.79. The van der Waals surface area contributed by atoms with Gasteiger partial charge in [0.05, 0.1) is 11.8 Å². The molecule has 0 bridgehead atoms. The second-order valence-corrected chi connectivity index (χ2v) is 7.36. The van der Waals surface area contributed by atoms with Crippen molar-refractivity contribution in [3.05, 3.63) is 64.7 Å². The number of phenolic OH excluding ortho intramolecular Hbond substituents is 1. The predicted octanol–water partition coefficient (Wildman–Crippen LogP) is 3.90. The minimum atomic E-state index is -0.261. The van der Waals surface area contributed by atoms with Crippen molar-refractivity contribution in [1.29, 1.82) is 0 Å². The highest BCUT2D eigenvalue weighted by Crippen LogP contribution is 2.23. The van der Waals surface area contributed by atoms with E-state index in [-0.39, 0.29) is 23.3 Å². The fourth-order valence-corrected chi connectivity index (χ4v) is 3.43. The van der Waals surface area contributed by atoms with Gasteiger partial charge in [0.1, 0.15) is 16.9 Å². The molecule has 1 atom stereocenters. The van der Waals surface area contributed by atoms with Gasteiger partial charge >= 0.3 is 0 Å². The maximum atomic E-state index is 12.9. The van der Waals surface area contributed by atoms with Gasteiger partial charge in [-0.05, 0) is 62.1 Å². The molecule has 2 heterocycles. The largest absolute Gasteiger partial charge is 0.508 e.